The number of ether oxygens (including phenoxy) is 1. The van der Waals surface area contributed by atoms with Crippen LogP contribution in [0.15, 0.2) is 18.2 Å². The Morgan fingerprint density at radius 3 is 2.85 bits per heavy atom. The molecule has 4 heteroatoms. The van der Waals surface area contributed by atoms with Crippen molar-refractivity contribution in [3.05, 3.63) is 18.2 Å². The van der Waals surface area contributed by atoms with Crippen LogP contribution in [0.4, 0.5) is 5.69 Å². The van der Waals surface area contributed by atoms with Crippen LogP contribution in [-0.4, -0.2) is 22.9 Å². The Hall–Kier alpha value is -1.42. The van der Waals surface area contributed by atoms with E-state index in [0.29, 0.717) is 11.4 Å². The van der Waals surface area contributed by atoms with Crippen LogP contribution in [0.3, 0.4) is 0 Å². The van der Waals surface area contributed by atoms with Gasteiger partial charge in [0.05, 0.1) is 6.61 Å². The lowest BCUT2D eigenvalue weighted by atomic mass is 10.3. The molecule has 0 heterocycles. The summed E-state index contributed by atoms with van der Waals surface area (Å²) in [5, 5.41) is 18.0. The van der Waals surface area contributed by atoms with Crippen LogP contribution in [0.2, 0.25) is 0 Å². The molecule has 4 nitrogen and oxygen atoms in total. The summed E-state index contributed by atoms with van der Waals surface area (Å²) < 4.78 is 5.20. The van der Waals surface area contributed by atoms with Gasteiger partial charge < -0.3 is 20.7 Å². The van der Waals surface area contributed by atoms with Crippen molar-refractivity contribution in [2.24, 2.45) is 0 Å². The van der Waals surface area contributed by atoms with Crippen molar-refractivity contribution >= 4 is 5.69 Å². The van der Waals surface area contributed by atoms with Crippen molar-refractivity contribution in [3.63, 3.8) is 0 Å². The molecule has 72 valence electrons. The standard InChI is InChI=1S/C9H13NO3/c1-6(5-11)13-9-4-7(10)2-3-8(9)12/h2-4,6,11-12H,5,10H2,1H3/t6-/m0/s1. The quantitative estimate of drug-likeness (QED) is 0.477. The molecule has 0 amide bonds. The first-order valence-electron chi connectivity index (χ1n) is 3.99. The number of aliphatic hydroxyl groups is 1. The molecular weight excluding hydrogens is 170 g/mol. The van der Waals surface area contributed by atoms with Crippen molar-refractivity contribution in [3.8, 4) is 11.5 Å². The van der Waals surface area contributed by atoms with Crippen LogP contribution in [0.1, 0.15) is 6.92 Å². The highest BCUT2D eigenvalue weighted by Crippen LogP contribution is 2.28. The smallest absolute Gasteiger partial charge is 0.163 e. The van der Waals surface area contributed by atoms with Crippen LogP contribution in [-0.2, 0) is 0 Å². The number of aliphatic hydroxyl groups excluding tert-OH is 1. The van der Waals surface area contributed by atoms with Crippen molar-refractivity contribution < 1.29 is 14.9 Å². The summed E-state index contributed by atoms with van der Waals surface area (Å²) in [6.07, 6.45) is -0.354. The molecule has 1 aromatic rings. The van der Waals surface area contributed by atoms with E-state index in [4.69, 9.17) is 15.6 Å². The first kappa shape index (κ1) is 9.67. The third kappa shape index (κ3) is 2.52. The summed E-state index contributed by atoms with van der Waals surface area (Å²) in [6, 6.07) is 4.54. The Bertz CT molecular complexity index is 288. The molecule has 0 radical (unpaired) electrons. The van der Waals surface area contributed by atoms with Gasteiger partial charge in [-0.15, -0.1) is 0 Å². The van der Waals surface area contributed by atoms with Gasteiger partial charge in [0, 0.05) is 11.8 Å². The van der Waals surface area contributed by atoms with Gasteiger partial charge >= 0.3 is 0 Å². The van der Waals surface area contributed by atoms with E-state index in [9.17, 15) is 5.11 Å². The van der Waals surface area contributed by atoms with Gasteiger partial charge in [0.2, 0.25) is 0 Å². The Kier molecular flexibility index (Phi) is 2.97. The molecule has 0 saturated carbocycles. The predicted octanol–water partition coefficient (Wildman–Crippen LogP) is 0.734. The number of phenols is 1. The molecule has 0 saturated heterocycles. The van der Waals surface area contributed by atoms with Crippen LogP contribution in [0.25, 0.3) is 0 Å². The molecule has 0 aliphatic carbocycles. The second-order valence-corrected chi connectivity index (χ2v) is 2.84. The summed E-state index contributed by atoms with van der Waals surface area (Å²) in [4.78, 5) is 0. The minimum absolute atomic E-state index is 0.0227. The number of hydrogen-bond acceptors (Lipinski definition) is 4. The maximum atomic E-state index is 9.32. The molecule has 0 spiro atoms. The molecule has 1 rings (SSSR count). The second kappa shape index (κ2) is 4.00. The van der Waals surface area contributed by atoms with Crippen molar-refractivity contribution in [1.29, 1.82) is 0 Å². The Morgan fingerprint density at radius 1 is 1.54 bits per heavy atom. The van der Waals surface area contributed by atoms with E-state index in [1.807, 2.05) is 0 Å². The Balaban J connectivity index is 2.81. The molecule has 1 aromatic carbocycles. The summed E-state index contributed by atoms with van der Waals surface area (Å²) >= 11 is 0. The highest BCUT2D eigenvalue weighted by molar-refractivity contribution is 5.51. The van der Waals surface area contributed by atoms with E-state index < -0.39 is 0 Å². The lowest BCUT2D eigenvalue weighted by Gasteiger charge is -2.13. The number of aromatic hydroxyl groups is 1. The number of benzene rings is 1. The minimum Gasteiger partial charge on any atom is -0.504 e. The van der Waals surface area contributed by atoms with Gasteiger partial charge in [0.25, 0.3) is 0 Å². The van der Waals surface area contributed by atoms with E-state index in [-0.39, 0.29) is 18.5 Å². The summed E-state index contributed by atoms with van der Waals surface area (Å²) in [7, 11) is 0. The van der Waals surface area contributed by atoms with Crippen LogP contribution in [0, 0.1) is 0 Å². The largest absolute Gasteiger partial charge is 0.504 e. The zero-order valence-corrected chi connectivity index (χ0v) is 7.40. The molecule has 1 atom stereocenters. The second-order valence-electron chi connectivity index (χ2n) is 2.84. The van der Waals surface area contributed by atoms with Crippen LogP contribution >= 0.6 is 0 Å². The van der Waals surface area contributed by atoms with E-state index in [2.05, 4.69) is 0 Å². The monoisotopic (exact) mass is 183 g/mol. The van der Waals surface area contributed by atoms with Gasteiger partial charge in [-0.1, -0.05) is 0 Å². The molecule has 0 aliphatic rings. The number of nitrogens with two attached hydrogens (primary N) is 1. The third-order valence-electron chi connectivity index (χ3n) is 1.57. The lowest BCUT2D eigenvalue weighted by molar-refractivity contribution is 0.126. The SMILES string of the molecule is C[C@@H](CO)Oc1cc(N)ccc1O. The predicted molar refractivity (Wildman–Crippen MR) is 49.7 cm³/mol. The Labute approximate surface area is 76.6 Å². The molecule has 0 aliphatic heterocycles. The van der Waals surface area contributed by atoms with Crippen molar-refractivity contribution in [2.75, 3.05) is 12.3 Å². The number of hydrogen-bond donors (Lipinski definition) is 3. The normalized spacial score (nSPS) is 12.5. The van der Waals surface area contributed by atoms with Crippen molar-refractivity contribution in [1.82, 2.24) is 0 Å². The zero-order valence-electron chi connectivity index (χ0n) is 7.40. The third-order valence-corrected chi connectivity index (χ3v) is 1.57. The zero-order chi connectivity index (χ0) is 9.84. The molecular formula is C9H13NO3. The highest BCUT2D eigenvalue weighted by atomic mass is 16.5. The first-order chi connectivity index (χ1) is 6.13. The summed E-state index contributed by atoms with van der Waals surface area (Å²) in [5.41, 5.74) is 6.00. The molecule has 4 N–H and O–H groups in total. The topological polar surface area (TPSA) is 75.7 Å². The fourth-order valence-corrected chi connectivity index (χ4v) is 0.879. The molecule has 0 aromatic heterocycles. The lowest BCUT2D eigenvalue weighted by Crippen LogP contribution is -2.16. The summed E-state index contributed by atoms with van der Waals surface area (Å²) in [5.74, 6) is 0.316. The molecule has 13 heavy (non-hydrogen) atoms. The van der Waals surface area contributed by atoms with E-state index in [1.165, 1.54) is 12.1 Å². The minimum atomic E-state index is -0.354. The van der Waals surface area contributed by atoms with E-state index in [1.54, 1.807) is 13.0 Å². The number of phenolic OH excluding ortho intramolecular Hbond substituents is 1. The van der Waals surface area contributed by atoms with Gasteiger partial charge in [0.1, 0.15) is 6.10 Å². The van der Waals surface area contributed by atoms with E-state index in [0.717, 1.165) is 0 Å². The first-order valence-corrected chi connectivity index (χ1v) is 3.99. The van der Waals surface area contributed by atoms with Gasteiger partial charge in [-0.3, -0.25) is 0 Å². The average molecular weight is 183 g/mol. The van der Waals surface area contributed by atoms with Crippen molar-refractivity contribution in [2.45, 2.75) is 13.0 Å². The van der Waals surface area contributed by atoms with Gasteiger partial charge in [-0.05, 0) is 19.1 Å². The maximum absolute atomic E-state index is 9.32. The average Bonchev–Trinajstić information content (AvgIpc) is 2.11. The number of nitrogen functional groups attached to an aromatic ring is 1. The van der Waals surface area contributed by atoms with Crippen LogP contribution < -0.4 is 10.5 Å². The van der Waals surface area contributed by atoms with Gasteiger partial charge in [-0.2, -0.15) is 0 Å². The fourth-order valence-electron chi connectivity index (χ4n) is 0.879. The Morgan fingerprint density at radius 2 is 2.23 bits per heavy atom. The summed E-state index contributed by atoms with van der Waals surface area (Å²) in [6.45, 7) is 1.59. The van der Waals surface area contributed by atoms with Crippen LogP contribution in [0.5, 0.6) is 11.5 Å². The molecule has 0 unspecified atom stereocenters. The maximum Gasteiger partial charge on any atom is 0.163 e. The number of rotatable bonds is 3. The molecule has 0 bridgehead atoms. The fraction of sp³-hybridized carbons (Fsp3) is 0.333. The highest BCUT2D eigenvalue weighted by Gasteiger charge is 2.06. The van der Waals surface area contributed by atoms with E-state index >= 15 is 0 Å². The van der Waals surface area contributed by atoms with Gasteiger partial charge in [-0.25, -0.2) is 0 Å². The number of anilines is 1. The molecule has 0 fully saturated rings. The van der Waals surface area contributed by atoms with Gasteiger partial charge in [0.15, 0.2) is 11.5 Å².